The van der Waals surface area contributed by atoms with E-state index < -0.39 is 5.91 Å². The maximum absolute atomic E-state index is 11.3. The monoisotopic (exact) mass is 218 g/mol. The van der Waals surface area contributed by atoms with Gasteiger partial charge in [0.25, 0.3) is 0 Å². The Hall–Kier alpha value is -2.10. The number of rotatable bonds is 4. The number of amides is 2. The third-order valence-electron chi connectivity index (χ3n) is 1.96. The molecular weight excluding hydrogens is 204 g/mol. The first-order chi connectivity index (χ1) is 7.63. The highest BCUT2D eigenvalue weighted by Gasteiger charge is 2.06. The number of carbonyl (C=O) groups excluding carboxylic acids is 2. The van der Waals surface area contributed by atoms with Gasteiger partial charge in [-0.2, -0.15) is 0 Å². The van der Waals surface area contributed by atoms with Gasteiger partial charge in [0.05, 0.1) is 6.42 Å². The molecule has 4 heteroatoms. The third-order valence-corrected chi connectivity index (χ3v) is 1.96. The lowest BCUT2D eigenvalue weighted by Gasteiger charge is -2.07. The Morgan fingerprint density at radius 3 is 2.69 bits per heavy atom. The first-order valence-corrected chi connectivity index (χ1v) is 4.93. The highest BCUT2D eigenvalue weighted by Crippen LogP contribution is 2.15. The summed E-state index contributed by atoms with van der Waals surface area (Å²) in [7, 11) is 0. The second kappa shape index (κ2) is 5.70. The topological polar surface area (TPSA) is 72.2 Å². The molecule has 0 aliphatic rings. The molecule has 0 aromatic heterocycles. The molecule has 0 unspecified atom stereocenters. The molecule has 4 nitrogen and oxygen atoms in total. The van der Waals surface area contributed by atoms with E-state index in [4.69, 9.17) is 5.73 Å². The molecule has 3 N–H and O–H groups in total. The molecule has 0 spiro atoms. The van der Waals surface area contributed by atoms with Crippen molar-refractivity contribution in [1.29, 1.82) is 0 Å². The van der Waals surface area contributed by atoms with Gasteiger partial charge in [-0.1, -0.05) is 24.3 Å². The molecule has 1 rings (SSSR count). The molecule has 0 heterocycles. The predicted octanol–water partition coefficient (Wildman–Crippen LogP) is 1.23. The molecule has 0 saturated heterocycles. The van der Waals surface area contributed by atoms with Gasteiger partial charge in [-0.15, -0.1) is 0 Å². The van der Waals surface area contributed by atoms with Crippen molar-refractivity contribution in [3.8, 4) is 0 Å². The SMILES string of the molecule is CC=CC(=O)Nc1ccccc1CC(N)=O. The van der Waals surface area contributed by atoms with E-state index in [9.17, 15) is 9.59 Å². The zero-order valence-corrected chi connectivity index (χ0v) is 9.07. The van der Waals surface area contributed by atoms with Gasteiger partial charge < -0.3 is 11.1 Å². The Labute approximate surface area is 94.1 Å². The van der Waals surface area contributed by atoms with Crippen molar-refractivity contribution in [1.82, 2.24) is 0 Å². The number of carbonyl (C=O) groups is 2. The zero-order valence-electron chi connectivity index (χ0n) is 9.07. The molecule has 1 aromatic rings. The van der Waals surface area contributed by atoms with Gasteiger partial charge in [0.1, 0.15) is 0 Å². The average Bonchev–Trinajstić information content (AvgIpc) is 2.20. The molecule has 0 aliphatic carbocycles. The predicted molar refractivity (Wildman–Crippen MR) is 62.8 cm³/mol. The second-order valence-corrected chi connectivity index (χ2v) is 3.29. The van der Waals surface area contributed by atoms with Crippen LogP contribution in [0.4, 0.5) is 5.69 Å². The highest BCUT2D eigenvalue weighted by atomic mass is 16.1. The molecule has 16 heavy (non-hydrogen) atoms. The number of para-hydroxylation sites is 1. The highest BCUT2D eigenvalue weighted by molar-refractivity contribution is 6.00. The normalized spacial score (nSPS) is 10.3. The van der Waals surface area contributed by atoms with Gasteiger partial charge in [-0.3, -0.25) is 9.59 Å². The van der Waals surface area contributed by atoms with Crippen LogP contribution < -0.4 is 11.1 Å². The summed E-state index contributed by atoms with van der Waals surface area (Å²) < 4.78 is 0. The molecule has 0 saturated carbocycles. The Bertz CT molecular complexity index is 425. The van der Waals surface area contributed by atoms with Crippen molar-refractivity contribution in [2.45, 2.75) is 13.3 Å². The summed E-state index contributed by atoms with van der Waals surface area (Å²) in [5, 5.41) is 2.68. The van der Waals surface area contributed by atoms with E-state index in [1.54, 1.807) is 37.3 Å². The lowest BCUT2D eigenvalue weighted by Crippen LogP contribution is -2.16. The van der Waals surface area contributed by atoms with Gasteiger partial charge in [0.2, 0.25) is 11.8 Å². The van der Waals surface area contributed by atoms with Crippen molar-refractivity contribution in [2.24, 2.45) is 5.73 Å². The lowest BCUT2D eigenvalue weighted by molar-refractivity contribution is -0.117. The summed E-state index contributed by atoms with van der Waals surface area (Å²) >= 11 is 0. The van der Waals surface area contributed by atoms with Crippen LogP contribution in [0.15, 0.2) is 36.4 Å². The molecule has 1 aromatic carbocycles. The number of primary amides is 1. The Morgan fingerprint density at radius 1 is 1.38 bits per heavy atom. The van der Waals surface area contributed by atoms with E-state index in [0.29, 0.717) is 11.3 Å². The van der Waals surface area contributed by atoms with Crippen molar-refractivity contribution in [2.75, 3.05) is 5.32 Å². The second-order valence-electron chi connectivity index (χ2n) is 3.29. The Kier molecular flexibility index (Phi) is 4.27. The smallest absolute Gasteiger partial charge is 0.248 e. The molecule has 0 aliphatic heterocycles. The number of benzene rings is 1. The van der Waals surface area contributed by atoms with Crippen LogP contribution in [0.1, 0.15) is 12.5 Å². The van der Waals surface area contributed by atoms with Gasteiger partial charge in [0.15, 0.2) is 0 Å². The molecule has 0 fully saturated rings. The minimum atomic E-state index is -0.423. The van der Waals surface area contributed by atoms with Crippen LogP contribution in [0.5, 0.6) is 0 Å². The average molecular weight is 218 g/mol. The van der Waals surface area contributed by atoms with Crippen LogP contribution in [0.3, 0.4) is 0 Å². The summed E-state index contributed by atoms with van der Waals surface area (Å²) in [5.74, 6) is -0.646. The molecular formula is C12H14N2O2. The van der Waals surface area contributed by atoms with Gasteiger partial charge >= 0.3 is 0 Å². The summed E-state index contributed by atoms with van der Waals surface area (Å²) in [6, 6.07) is 7.08. The molecule has 0 radical (unpaired) electrons. The maximum Gasteiger partial charge on any atom is 0.248 e. The van der Waals surface area contributed by atoms with Crippen LogP contribution in [0.2, 0.25) is 0 Å². The van der Waals surface area contributed by atoms with Crippen LogP contribution in [0.25, 0.3) is 0 Å². The number of hydrogen-bond acceptors (Lipinski definition) is 2. The number of nitrogens with one attached hydrogen (secondary N) is 1. The van der Waals surface area contributed by atoms with Crippen LogP contribution in [0, 0.1) is 0 Å². The fourth-order valence-corrected chi connectivity index (χ4v) is 1.31. The van der Waals surface area contributed by atoms with E-state index >= 15 is 0 Å². The van der Waals surface area contributed by atoms with Crippen LogP contribution in [-0.2, 0) is 16.0 Å². The van der Waals surface area contributed by atoms with Crippen molar-refractivity contribution in [3.05, 3.63) is 42.0 Å². The van der Waals surface area contributed by atoms with Gasteiger partial charge in [-0.05, 0) is 24.6 Å². The van der Waals surface area contributed by atoms with Crippen molar-refractivity contribution in [3.63, 3.8) is 0 Å². The summed E-state index contributed by atoms with van der Waals surface area (Å²) in [6.07, 6.45) is 3.18. The standard InChI is InChI=1S/C12H14N2O2/c1-2-5-12(16)14-10-7-4-3-6-9(10)8-11(13)15/h2-7H,8H2,1H3,(H2,13,15)(H,14,16). The molecule has 0 bridgehead atoms. The largest absolute Gasteiger partial charge is 0.369 e. The Balaban J connectivity index is 2.86. The fraction of sp³-hybridized carbons (Fsp3) is 0.167. The van der Waals surface area contributed by atoms with Crippen LogP contribution >= 0.6 is 0 Å². The molecule has 0 atom stereocenters. The summed E-state index contributed by atoms with van der Waals surface area (Å²) in [6.45, 7) is 1.76. The van der Waals surface area contributed by atoms with Crippen molar-refractivity contribution < 1.29 is 9.59 Å². The summed E-state index contributed by atoms with van der Waals surface area (Å²) in [5.41, 5.74) is 6.45. The van der Waals surface area contributed by atoms with Crippen LogP contribution in [-0.4, -0.2) is 11.8 Å². The van der Waals surface area contributed by atoms with Crippen molar-refractivity contribution >= 4 is 17.5 Å². The quantitative estimate of drug-likeness (QED) is 0.746. The number of hydrogen-bond donors (Lipinski definition) is 2. The number of nitrogens with two attached hydrogens (primary N) is 1. The first-order valence-electron chi connectivity index (χ1n) is 4.93. The van der Waals surface area contributed by atoms with E-state index in [1.807, 2.05) is 0 Å². The van der Waals surface area contributed by atoms with E-state index in [2.05, 4.69) is 5.32 Å². The van der Waals surface area contributed by atoms with E-state index in [1.165, 1.54) is 6.08 Å². The molecule has 2 amide bonds. The molecule has 84 valence electrons. The van der Waals surface area contributed by atoms with E-state index in [0.717, 1.165) is 0 Å². The number of anilines is 1. The third kappa shape index (κ3) is 3.57. The van der Waals surface area contributed by atoms with Gasteiger partial charge in [0, 0.05) is 5.69 Å². The summed E-state index contributed by atoms with van der Waals surface area (Å²) in [4.78, 5) is 22.2. The van der Waals surface area contributed by atoms with Gasteiger partial charge in [-0.25, -0.2) is 0 Å². The number of allylic oxidation sites excluding steroid dienone is 1. The minimum Gasteiger partial charge on any atom is -0.369 e. The maximum atomic E-state index is 11.3. The minimum absolute atomic E-state index is 0.117. The Morgan fingerprint density at radius 2 is 2.06 bits per heavy atom. The fourth-order valence-electron chi connectivity index (χ4n) is 1.31. The zero-order chi connectivity index (χ0) is 12.0. The van der Waals surface area contributed by atoms with E-state index in [-0.39, 0.29) is 12.3 Å². The first kappa shape index (κ1) is 12.0. The lowest BCUT2D eigenvalue weighted by atomic mass is 10.1.